The minimum atomic E-state index is -0.418. The molecule has 0 aliphatic heterocycles. The van der Waals surface area contributed by atoms with Crippen molar-refractivity contribution in [2.75, 3.05) is 7.05 Å². The van der Waals surface area contributed by atoms with Crippen molar-refractivity contribution >= 4 is 23.2 Å². The highest BCUT2D eigenvalue weighted by molar-refractivity contribution is 6.32. The molecule has 0 saturated heterocycles. The van der Waals surface area contributed by atoms with Crippen molar-refractivity contribution in [3.63, 3.8) is 0 Å². The van der Waals surface area contributed by atoms with Gasteiger partial charge in [-0.3, -0.25) is 0 Å². The Bertz CT molecular complexity index is 570. The summed E-state index contributed by atoms with van der Waals surface area (Å²) in [6.07, 6.45) is 0. The van der Waals surface area contributed by atoms with Gasteiger partial charge in [0.05, 0.1) is 5.02 Å². The summed E-state index contributed by atoms with van der Waals surface area (Å²) in [5.74, 6) is -0.418. The van der Waals surface area contributed by atoms with Crippen molar-refractivity contribution in [3.8, 4) is 11.1 Å². The largest absolute Gasteiger partial charge is 0.316 e. The van der Waals surface area contributed by atoms with Crippen LogP contribution in [0.25, 0.3) is 11.1 Å². The van der Waals surface area contributed by atoms with Gasteiger partial charge in [-0.1, -0.05) is 41.4 Å². The summed E-state index contributed by atoms with van der Waals surface area (Å²) in [4.78, 5) is 0. The van der Waals surface area contributed by atoms with Crippen LogP contribution >= 0.6 is 23.2 Å². The maximum absolute atomic E-state index is 13.1. The first kappa shape index (κ1) is 13.3. The summed E-state index contributed by atoms with van der Waals surface area (Å²) in [6, 6.07) is 10.4. The third kappa shape index (κ3) is 2.83. The van der Waals surface area contributed by atoms with Crippen molar-refractivity contribution in [3.05, 3.63) is 57.8 Å². The van der Waals surface area contributed by atoms with E-state index in [4.69, 9.17) is 23.2 Å². The average Bonchev–Trinajstić information content (AvgIpc) is 2.35. The highest BCUT2D eigenvalue weighted by Crippen LogP contribution is 2.28. The Kier molecular flexibility index (Phi) is 4.23. The second-order valence-electron chi connectivity index (χ2n) is 3.97. The fraction of sp³-hybridized carbons (Fsp3) is 0.143. The molecule has 1 N–H and O–H groups in total. The molecular weight excluding hydrogens is 272 g/mol. The Morgan fingerprint density at radius 1 is 1.00 bits per heavy atom. The zero-order chi connectivity index (χ0) is 13.1. The molecule has 94 valence electrons. The van der Waals surface area contributed by atoms with E-state index in [1.165, 1.54) is 6.07 Å². The van der Waals surface area contributed by atoms with Crippen LogP contribution in [-0.4, -0.2) is 7.05 Å². The normalized spacial score (nSPS) is 10.7. The highest BCUT2D eigenvalue weighted by Gasteiger charge is 2.06. The minimum Gasteiger partial charge on any atom is -0.316 e. The fourth-order valence-electron chi connectivity index (χ4n) is 1.74. The number of rotatable bonds is 3. The van der Waals surface area contributed by atoms with Gasteiger partial charge < -0.3 is 5.32 Å². The molecule has 1 nitrogen and oxygen atoms in total. The summed E-state index contributed by atoms with van der Waals surface area (Å²) in [7, 11) is 1.87. The lowest BCUT2D eigenvalue weighted by Gasteiger charge is -2.07. The highest BCUT2D eigenvalue weighted by atomic mass is 35.5. The number of halogens is 3. The van der Waals surface area contributed by atoms with Gasteiger partial charge in [-0.25, -0.2) is 4.39 Å². The van der Waals surface area contributed by atoms with Gasteiger partial charge in [0, 0.05) is 11.6 Å². The van der Waals surface area contributed by atoms with Crippen LogP contribution in [0, 0.1) is 5.82 Å². The maximum atomic E-state index is 13.1. The van der Waals surface area contributed by atoms with E-state index in [-0.39, 0.29) is 5.02 Å². The molecule has 0 atom stereocenters. The first-order valence-corrected chi connectivity index (χ1v) is 6.26. The lowest BCUT2D eigenvalue weighted by molar-refractivity contribution is 0.628. The van der Waals surface area contributed by atoms with Crippen molar-refractivity contribution in [1.82, 2.24) is 5.32 Å². The van der Waals surface area contributed by atoms with Gasteiger partial charge in [0.2, 0.25) is 0 Å². The van der Waals surface area contributed by atoms with Crippen LogP contribution in [0.15, 0.2) is 36.4 Å². The lowest BCUT2D eigenvalue weighted by Crippen LogP contribution is -2.05. The Morgan fingerprint density at radius 2 is 1.61 bits per heavy atom. The van der Waals surface area contributed by atoms with Crippen LogP contribution in [0.1, 0.15) is 5.56 Å². The molecule has 2 aromatic rings. The number of hydrogen-bond acceptors (Lipinski definition) is 1. The second kappa shape index (κ2) is 5.70. The van der Waals surface area contributed by atoms with Crippen molar-refractivity contribution in [1.29, 1.82) is 0 Å². The molecule has 4 heteroatoms. The third-order valence-electron chi connectivity index (χ3n) is 2.67. The summed E-state index contributed by atoms with van der Waals surface area (Å²) in [6.45, 7) is 0.712. The molecule has 0 heterocycles. The summed E-state index contributed by atoms with van der Waals surface area (Å²) < 4.78 is 13.1. The number of hydrogen-bond donors (Lipinski definition) is 1. The predicted octanol–water partition coefficient (Wildman–Crippen LogP) is 4.52. The van der Waals surface area contributed by atoms with Gasteiger partial charge in [-0.15, -0.1) is 0 Å². The monoisotopic (exact) mass is 283 g/mol. The zero-order valence-corrected chi connectivity index (χ0v) is 11.3. The summed E-state index contributed by atoms with van der Waals surface area (Å²) in [5.41, 5.74) is 2.79. The van der Waals surface area contributed by atoms with Gasteiger partial charge in [0.1, 0.15) is 5.82 Å². The van der Waals surface area contributed by atoms with E-state index in [9.17, 15) is 4.39 Å². The van der Waals surface area contributed by atoms with Crippen LogP contribution in [0.4, 0.5) is 4.39 Å². The SMILES string of the molecule is CNCc1ccc(-c2ccc(F)c(Cl)c2)cc1Cl. The Balaban J connectivity index is 2.39. The Morgan fingerprint density at radius 3 is 2.17 bits per heavy atom. The van der Waals surface area contributed by atoms with E-state index < -0.39 is 5.82 Å². The molecule has 0 bridgehead atoms. The second-order valence-corrected chi connectivity index (χ2v) is 4.78. The topological polar surface area (TPSA) is 12.0 Å². The first-order chi connectivity index (χ1) is 8.61. The maximum Gasteiger partial charge on any atom is 0.141 e. The average molecular weight is 284 g/mol. The van der Waals surface area contributed by atoms with E-state index >= 15 is 0 Å². The van der Waals surface area contributed by atoms with Crippen LogP contribution in [0.3, 0.4) is 0 Å². The van der Waals surface area contributed by atoms with Gasteiger partial charge in [-0.05, 0) is 41.9 Å². The van der Waals surface area contributed by atoms with Gasteiger partial charge in [0.15, 0.2) is 0 Å². The molecule has 0 aliphatic carbocycles. The van der Waals surface area contributed by atoms with Crippen LogP contribution < -0.4 is 5.32 Å². The minimum absolute atomic E-state index is 0.114. The number of nitrogens with one attached hydrogen (secondary N) is 1. The quantitative estimate of drug-likeness (QED) is 0.873. The molecule has 0 amide bonds. The van der Waals surface area contributed by atoms with Gasteiger partial charge in [0.25, 0.3) is 0 Å². The molecule has 0 aromatic heterocycles. The summed E-state index contributed by atoms with van der Waals surface area (Å²) in [5, 5.41) is 3.84. The number of benzene rings is 2. The van der Waals surface area contributed by atoms with Crippen molar-refractivity contribution in [2.24, 2.45) is 0 Å². The molecule has 2 rings (SSSR count). The smallest absolute Gasteiger partial charge is 0.141 e. The van der Waals surface area contributed by atoms with Crippen LogP contribution in [0.5, 0.6) is 0 Å². The van der Waals surface area contributed by atoms with Gasteiger partial charge in [-0.2, -0.15) is 0 Å². The standard InChI is InChI=1S/C14H12Cl2FN/c1-18-8-11-3-2-9(6-12(11)15)10-4-5-14(17)13(16)7-10/h2-7,18H,8H2,1H3. The van der Waals surface area contributed by atoms with Crippen LogP contribution in [0.2, 0.25) is 10.0 Å². The predicted molar refractivity (Wildman–Crippen MR) is 74.6 cm³/mol. The van der Waals surface area contributed by atoms with Crippen molar-refractivity contribution in [2.45, 2.75) is 6.54 Å². The molecule has 0 fully saturated rings. The summed E-state index contributed by atoms with van der Waals surface area (Å²) >= 11 is 11.9. The van der Waals surface area contributed by atoms with Crippen molar-refractivity contribution < 1.29 is 4.39 Å². The van der Waals surface area contributed by atoms with E-state index in [1.807, 2.05) is 25.2 Å². The molecule has 18 heavy (non-hydrogen) atoms. The van der Waals surface area contributed by atoms with E-state index in [0.29, 0.717) is 11.6 Å². The molecule has 0 radical (unpaired) electrons. The zero-order valence-electron chi connectivity index (χ0n) is 9.81. The Hall–Kier alpha value is -1.09. The van der Waals surface area contributed by atoms with Crippen LogP contribution in [-0.2, 0) is 6.54 Å². The molecular formula is C14H12Cl2FN. The molecule has 0 unspecified atom stereocenters. The third-order valence-corrected chi connectivity index (χ3v) is 3.31. The first-order valence-electron chi connectivity index (χ1n) is 5.50. The molecule has 0 saturated carbocycles. The lowest BCUT2D eigenvalue weighted by atomic mass is 10.0. The fourth-order valence-corrected chi connectivity index (χ4v) is 2.16. The molecule has 2 aromatic carbocycles. The Labute approximate surface area is 116 Å². The molecule has 0 spiro atoms. The van der Waals surface area contributed by atoms with E-state index in [0.717, 1.165) is 16.7 Å². The van der Waals surface area contributed by atoms with Gasteiger partial charge >= 0.3 is 0 Å². The van der Waals surface area contributed by atoms with E-state index in [1.54, 1.807) is 12.1 Å². The molecule has 0 aliphatic rings. The van der Waals surface area contributed by atoms with E-state index in [2.05, 4.69) is 5.32 Å².